The zero-order valence-electron chi connectivity index (χ0n) is 16.3. The molecule has 0 aliphatic carbocycles. The molecular weight excluding hydrogens is 267 g/mol. The van der Waals surface area contributed by atoms with Gasteiger partial charge in [-0.3, -0.25) is 0 Å². The average Bonchev–Trinajstić information content (AvgIpc) is 2.34. The van der Waals surface area contributed by atoms with Crippen molar-refractivity contribution in [1.82, 2.24) is 0 Å². The SMILES string of the molecule is CCCCCCC[CH](CC(C)C)[Al]([CH2]C(C)C)[CH2]C(C)C. The molecule has 0 aromatic heterocycles. The topological polar surface area (TPSA) is 0 Å². The minimum absolute atomic E-state index is 0.579. The van der Waals surface area contributed by atoms with Gasteiger partial charge in [0.1, 0.15) is 0 Å². The maximum Gasteiger partial charge on any atom is 0.265 e. The Hall–Kier alpha value is 0.532. The zero-order valence-corrected chi connectivity index (χ0v) is 17.4. The molecule has 0 aromatic rings. The van der Waals surface area contributed by atoms with Crippen molar-refractivity contribution in [3.8, 4) is 0 Å². The summed E-state index contributed by atoms with van der Waals surface area (Å²) >= 11 is -0.579. The van der Waals surface area contributed by atoms with Gasteiger partial charge in [-0.05, 0) is 5.92 Å². The highest BCUT2D eigenvalue weighted by molar-refractivity contribution is 6.60. The van der Waals surface area contributed by atoms with Crippen molar-refractivity contribution in [3.63, 3.8) is 0 Å². The molecule has 0 aromatic carbocycles. The molecule has 0 heterocycles. The van der Waals surface area contributed by atoms with Crippen LogP contribution in [0.5, 0.6) is 0 Å². The lowest BCUT2D eigenvalue weighted by molar-refractivity contribution is 0.496. The summed E-state index contributed by atoms with van der Waals surface area (Å²) in [5.41, 5.74) is 0. The smallest absolute Gasteiger partial charge is 0.0914 e. The molecule has 0 aliphatic rings. The number of hydrogen-bond acceptors (Lipinski definition) is 0. The van der Waals surface area contributed by atoms with Crippen LogP contribution in [-0.4, -0.2) is 14.1 Å². The molecule has 126 valence electrons. The van der Waals surface area contributed by atoms with Crippen LogP contribution in [0.4, 0.5) is 0 Å². The lowest BCUT2D eigenvalue weighted by Crippen LogP contribution is -2.25. The van der Waals surface area contributed by atoms with Gasteiger partial charge in [-0.25, -0.2) is 0 Å². The zero-order chi connectivity index (χ0) is 16.3. The molecule has 1 atom stereocenters. The summed E-state index contributed by atoms with van der Waals surface area (Å²) in [7, 11) is 0. The normalized spacial score (nSPS) is 13.4. The van der Waals surface area contributed by atoms with Crippen molar-refractivity contribution in [2.45, 2.75) is 109 Å². The van der Waals surface area contributed by atoms with Crippen LogP contribution in [0.15, 0.2) is 0 Å². The maximum absolute atomic E-state index is 2.44. The van der Waals surface area contributed by atoms with Crippen LogP contribution in [0, 0.1) is 17.8 Å². The summed E-state index contributed by atoms with van der Waals surface area (Å²) in [5.74, 6) is 2.71. The van der Waals surface area contributed by atoms with E-state index in [1.54, 1.807) is 10.6 Å². The molecule has 0 saturated carbocycles. The summed E-state index contributed by atoms with van der Waals surface area (Å²) in [6.07, 6.45) is 10.3. The third kappa shape index (κ3) is 12.7. The first-order valence-electron chi connectivity index (χ1n) is 9.86. The molecule has 0 aliphatic heterocycles. The Labute approximate surface area is 140 Å². The molecule has 0 rings (SSSR count). The fraction of sp³-hybridized carbons (Fsp3) is 1.00. The van der Waals surface area contributed by atoms with Crippen LogP contribution in [0.3, 0.4) is 0 Å². The van der Waals surface area contributed by atoms with Crippen molar-refractivity contribution in [2.24, 2.45) is 17.8 Å². The van der Waals surface area contributed by atoms with Gasteiger partial charge in [0, 0.05) is 0 Å². The van der Waals surface area contributed by atoms with E-state index in [1.807, 2.05) is 0 Å². The molecule has 0 bridgehead atoms. The molecule has 0 spiro atoms. The highest BCUT2D eigenvalue weighted by Crippen LogP contribution is 2.34. The molecule has 1 heteroatoms. The Morgan fingerprint density at radius 1 is 0.667 bits per heavy atom. The molecule has 0 radical (unpaired) electrons. The van der Waals surface area contributed by atoms with Gasteiger partial charge in [-0.2, -0.15) is 0 Å². The van der Waals surface area contributed by atoms with Gasteiger partial charge in [-0.1, -0.05) is 121 Å². The van der Waals surface area contributed by atoms with E-state index in [9.17, 15) is 0 Å². The molecule has 0 N–H and O–H groups in total. The fourth-order valence-electron chi connectivity index (χ4n) is 3.85. The average molecular weight is 311 g/mol. The Kier molecular flexibility index (Phi) is 13.3. The van der Waals surface area contributed by atoms with Crippen molar-refractivity contribution in [3.05, 3.63) is 0 Å². The van der Waals surface area contributed by atoms with Crippen molar-refractivity contribution in [2.75, 3.05) is 0 Å². The summed E-state index contributed by atoms with van der Waals surface area (Å²) < 4.78 is 1.11. The molecule has 1 unspecified atom stereocenters. The van der Waals surface area contributed by atoms with Crippen LogP contribution in [0.25, 0.3) is 0 Å². The van der Waals surface area contributed by atoms with Gasteiger partial charge in [0.25, 0.3) is 14.1 Å². The lowest BCUT2D eigenvalue weighted by Gasteiger charge is -2.27. The Balaban J connectivity index is 4.47. The number of unbranched alkanes of at least 4 members (excludes halogenated alkanes) is 4. The van der Waals surface area contributed by atoms with Gasteiger partial charge in [0.2, 0.25) is 0 Å². The van der Waals surface area contributed by atoms with E-state index in [0.717, 1.165) is 22.5 Å². The second kappa shape index (κ2) is 13.0. The summed E-state index contributed by atoms with van der Waals surface area (Å²) in [4.78, 5) is 0. The predicted octanol–water partition coefficient (Wildman–Crippen LogP) is 7.57. The van der Waals surface area contributed by atoms with Gasteiger partial charge in [0.05, 0.1) is 0 Å². The van der Waals surface area contributed by atoms with Crippen molar-refractivity contribution < 1.29 is 0 Å². The lowest BCUT2D eigenvalue weighted by atomic mass is 10.0. The van der Waals surface area contributed by atoms with E-state index in [-0.39, 0.29) is 0 Å². The van der Waals surface area contributed by atoms with Crippen LogP contribution in [0.2, 0.25) is 15.3 Å². The Morgan fingerprint density at radius 2 is 1.19 bits per heavy atom. The first-order chi connectivity index (χ1) is 9.86. The monoisotopic (exact) mass is 310 g/mol. The third-order valence-corrected chi connectivity index (χ3v) is 9.70. The Morgan fingerprint density at radius 3 is 1.62 bits per heavy atom. The molecule has 0 amide bonds. The minimum atomic E-state index is -0.579. The van der Waals surface area contributed by atoms with E-state index >= 15 is 0 Å². The highest BCUT2D eigenvalue weighted by Gasteiger charge is 2.29. The van der Waals surface area contributed by atoms with Gasteiger partial charge >= 0.3 is 0 Å². The number of hydrogen-bond donors (Lipinski definition) is 0. The first-order valence-corrected chi connectivity index (χ1v) is 12.2. The summed E-state index contributed by atoms with van der Waals surface area (Å²) in [5, 5.41) is 3.15. The fourth-order valence-corrected chi connectivity index (χ4v) is 8.87. The minimum Gasteiger partial charge on any atom is -0.0914 e. The van der Waals surface area contributed by atoms with Crippen LogP contribution < -0.4 is 0 Å². The molecule has 0 fully saturated rings. The van der Waals surface area contributed by atoms with E-state index in [1.165, 1.54) is 44.9 Å². The van der Waals surface area contributed by atoms with Gasteiger partial charge < -0.3 is 0 Å². The van der Waals surface area contributed by atoms with E-state index in [4.69, 9.17) is 0 Å². The van der Waals surface area contributed by atoms with E-state index < -0.39 is 14.1 Å². The van der Waals surface area contributed by atoms with Crippen molar-refractivity contribution in [1.29, 1.82) is 0 Å². The van der Waals surface area contributed by atoms with Gasteiger partial charge in [-0.15, -0.1) is 0 Å². The van der Waals surface area contributed by atoms with Crippen LogP contribution in [0.1, 0.15) is 93.4 Å². The molecule has 0 nitrogen and oxygen atoms in total. The largest absolute Gasteiger partial charge is 0.265 e. The second-order valence-corrected chi connectivity index (χ2v) is 12.0. The molecular formula is C20H43Al. The standard InChI is InChI=1S/C12H25.2C4H9.Al/c1-4-5-6-7-8-9-10-11-12(2)3;2*1-4(2)3;/h10,12H,4-9,11H2,1-3H3;2*4H,1H2,2-3H3;. The quantitative estimate of drug-likeness (QED) is 0.243. The number of rotatable bonds is 13. The molecule has 0 saturated heterocycles. The highest BCUT2D eigenvalue weighted by atomic mass is 27.2. The predicted molar refractivity (Wildman–Crippen MR) is 102 cm³/mol. The summed E-state index contributed by atoms with van der Waals surface area (Å²) in [6.45, 7) is 16.9. The molecule has 21 heavy (non-hydrogen) atoms. The maximum atomic E-state index is 2.44. The van der Waals surface area contributed by atoms with E-state index in [2.05, 4.69) is 48.5 Å². The summed E-state index contributed by atoms with van der Waals surface area (Å²) in [6, 6.07) is 0. The van der Waals surface area contributed by atoms with Gasteiger partial charge in [0.15, 0.2) is 0 Å². The van der Waals surface area contributed by atoms with Crippen LogP contribution in [-0.2, 0) is 0 Å². The first kappa shape index (κ1) is 21.5. The van der Waals surface area contributed by atoms with Crippen LogP contribution >= 0.6 is 0 Å². The third-order valence-electron chi connectivity index (χ3n) is 4.67. The van der Waals surface area contributed by atoms with E-state index in [0.29, 0.717) is 0 Å². The Bertz CT molecular complexity index is 210. The van der Waals surface area contributed by atoms with Crippen molar-refractivity contribution >= 4 is 14.1 Å². The second-order valence-electron chi connectivity index (χ2n) is 8.61.